The van der Waals surface area contributed by atoms with Gasteiger partial charge in [0, 0.05) is 24.7 Å². The Morgan fingerprint density at radius 3 is 2.59 bits per heavy atom. The zero-order valence-corrected chi connectivity index (χ0v) is 14.2. The zero-order valence-electron chi connectivity index (χ0n) is 14.2. The molecule has 22 heavy (non-hydrogen) atoms. The van der Waals surface area contributed by atoms with Gasteiger partial charge in [0.15, 0.2) is 0 Å². The van der Waals surface area contributed by atoms with E-state index in [1.807, 2.05) is 7.05 Å². The first-order valence-corrected chi connectivity index (χ1v) is 8.29. The highest BCUT2D eigenvalue weighted by atomic mass is 16.3. The monoisotopic (exact) mass is 307 g/mol. The molecule has 0 bridgehead atoms. The molecule has 1 heterocycles. The van der Waals surface area contributed by atoms with E-state index in [0.29, 0.717) is 5.92 Å². The molecular formula is C17H29N3O2. The number of hydrogen-bond acceptors (Lipinski definition) is 3. The fourth-order valence-corrected chi connectivity index (χ4v) is 3.25. The van der Waals surface area contributed by atoms with Crippen molar-refractivity contribution in [3.63, 3.8) is 0 Å². The van der Waals surface area contributed by atoms with Crippen molar-refractivity contribution in [3.05, 3.63) is 18.0 Å². The predicted octanol–water partition coefficient (Wildman–Crippen LogP) is 2.21. The lowest BCUT2D eigenvalue weighted by Gasteiger charge is -2.31. The summed E-state index contributed by atoms with van der Waals surface area (Å²) in [6.07, 6.45) is 7.61. The fourth-order valence-electron chi connectivity index (χ4n) is 3.25. The zero-order chi connectivity index (χ0) is 16.3. The minimum absolute atomic E-state index is 0.0753. The van der Waals surface area contributed by atoms with Crippen molar-refractivity contribution in [2.75, 3.05) is 6.54 Å². The van der Waals surface area contributed by atoms with Crippen molar-refractivity contribution < 1.29 is 9.90 Å². The Hall–Kier alpha value is -1.36. The maximum Gasteiger partial charge on any atom is 0.223 e. The lowest BCUT2D eigenvalue weighted by Crippen LogP contribution is -2.42. The minimum atomic E-state index is -1.08. The van der Waals surface area contributed by atoms with Crippen molar-refractivity contribution in [1.29, 1.82) is 0 Å². The summed E-state index contributed by atoms with van der Waals surface area (Å²) < 4.78 is 1.65. The number of nitrogens with one attached hydrogen (secondary N) is 1. The van der Waals surface area contributed by atoms with Crippen LogP contribution in [0.4, 0.5) is 0 Å². The molecule has 5 heteroatoms. The highest BCUT2D eigenvalue weighted by Gasteiger charge is 2.30. The molecule has 2 N–H and O–H groups in total. The largest absolute Gasteiger partial charge is 0.383 e. The fraction of sp³-hybridized carbons (Fsp3) is 0.765. The molecule has 1 unspecified atom stereocenters. The molecule has 1 aliphatic carbocycles. The van der Waals surface area contributed by atoms with E-state index in [1.165, 1.54) is 0 Å². The maximum absolute atomic E-state index is 12.3. The van der Waals surface area contributed by atoms with Crippen molar-refractivity contribution in [1.82, 2.24) is 15.1 Å². The molecule has 2 rings (SSSR count). The van der Waals surface area contributed by atoms with Crippen LogP contribution in [0.2, 0.25) is 0 Å². The second-order valence-corrected chi connectivity index (χ2v) is 7.25. The van der Waals surface area contributed by atoms with Crippen LogP contribution in [0.15, 0.2) is 12.4 Å². The van der Waals surface area contributed by atoms with Gasteiger partial charge in [-0.3, -0.25) is 9.48 Å². The maximum atomic E-state index is 12.3. The molecule has 0 saturated heterocycles. The predicted molar refractivity (Wildman–Crippen MR) is 86.1 cm³/mol. The Balaban J connectivity index is 1.83. The quantitative estimate of drug-likeness (QED) is 0.876. The molecule has 0 aliphatic heterocycles. The molecule has 0 aromatic carbocycles. The second kappa shape index (κ2) is 6.82. The Morgan fingerprint density at radius 1 is 1.45 bits per heavy atom. The number of carbonyl (C=O) groups excluding carboxylic acids is 1. The van der Waals surface area contributed by atoms with Crippen LogP contribution in [0, 0.1) is 17.8 Å². The Labute approximate surface area is 133 Å². The Morgan fingerprint density at radius 2 is 2.09 bits per heavy atom. The molecule has 0 radical (unpaired) electrons. The molecular weight excluding hydrogens is 278 g/mol. The van der Waals surface area contributed by atoms with Crippen molar-refractivity contribution in [2.45, 2.75) is 52.1 Å². The van der Waals surface area contributed by atoms with Crippen LogP contribution in [0.3, 0.4) is 0 Å². The SMILES string of the molecule is CC(C)C1CCC(C(=O)NCC(C)(O)c2cnn(C)c2)CC1. The summed E-state index contributed by atoms with van der Waals surface area (Å²) >= 11 is 0. The molecule has 124 valence electrons. The minimum Gasteiger partial charge on any atom is -0.383 e. The van der Waals surface area contributed by atoms with Crippen LogP contribution >= 0.6 is 0 Å². The van der Waals surface area contributed by atoms with E-state index in [-0.39, 0.29) is 18.4 Å². The summed E-state index contributed by atoms with van der Waals surface area (Å²) in [6, 6.07) is 0. The summed E-state index contributed by atoms with van der Waals surface area (Å²) in [5, 5.41) is 17.5. The number of aliphatic hydroxyl groups is 1. The first-order chi connectivity index (χ1) is 10.3. The Bertz CT molecular complexity index is 500. The van der Waals surface area contributed by atoms with Crippen LogP contribution in [-0.4, -0.2) is 27.3 Å². The third-order valence-electron chi connectivity index (χ3n) is 5.02. The average molecular weight is 307 g/mol. The van der Waals surface area contributed by atoms with Crippen LogP contribution < -0.4 is 5.32 Å². The second-order valence-electron chi connectivity index (χ2n) is 7.25. The number of rotatable bonds is 5. The van der Waals surface area contributed by atoms with Gasteiger partial charge in [-0.2, -0.15) is 5.10 Å². The van der Waals surface area contributed by atoms with Gasteiger partial charge in [-0.1, -0.05) is 13.8 Å². The smallest absolute Gasteiger partial charge is 0.223 e. The van der Waals surface area contributed by atoms with E-state index in [9.17, 15) is 9.90 Å². The summed E-state index contributed by atoms with van der Waals surface area (Å²) in [5.74, 6) is 1.63. The first-order valence-electron chi connectivity index (χ1n) is 8.29. The summed E-state index contributed by atoms with van der Waals surface area (Å²) in [6.45, 7) is 6.45. The number of amides is 1. The van der Waals surface area contributed by atoms with Gasteiger partial charge in [0.1, 0.15) is 5.60 Å². The number of aromatic nitrogens is 2. The molecule has 1 atom stereocenters. The van der Waals surface area contributed by atoms with Crippen molar-refractivity contribution in [2.24, 2.45) is 24.8 Å². The molecule has 1 saturated carbocycles. The normalized spacial score (nSPS) is 25.0. The van der Waals surface area contributed by atoms with Gasteiger partial charge in [0.05, 0.1) is 12.7 Å². The van der Waals surface area contributed by atoms with Crippen LogP contribution in [-0.2, 0) is 17.4 Å². The van der Waals surface area contributed by atoms with E-state index in [0.717, 1.165) is 37.2 Å². The molecule has 1 aromatic rings. The summed E-state index contributed by atoms with van der Waals surface area (Å²) in [7, 11) is 1.81. The lowest BCUT2D eigenvalue weighted by atomic mass is 9.76. The number of carbonyl (C=O) groups is 1. The van der Waals surface area contributed by atoms with E-state index < -0.39 is 5.60 Å². The standard InChI is InChI=1S/C17H29N3O2/c1-12(2)13-5-7-14(8-6-13)16(21)18-11-17(3,22)15-9-19-20(4)10-15/h9-10,12-14,22H,5-8,11H2,1-4H3,(H,18,21). The third-order valence-corrected chi connectivity index (χ3v) is 5.02. The van der Waals surface area contributed by atoms with Gasteiger partial charge < -0.3 is 10.4 Å². The van der Waals surface area contributed by atoms with Gasteiger partial charge in [0.2, 0.25) is 5.91 Å². The van der Waals surface area contributed by atoms with Gasteiger partial charge in [-0.15, -0.1) is 0 Å². The molecule has 1 amide bonds. The number of hydrogen-bond donors (Lipinski definition) is 2. The molecule has 1 aliphatic rings. The molecule has 0 spiro atoms. The van der Waals surface area contributed by atoms with Gasteiger partial charge >= 0.3 is 0 Å². The summed E-state index contributed by atoms with van der Waals surface area (Å²) in [5.41, 5.74) is -0.363. The highest BCUT2D eigenvalue weighted by molar-refractivity contribution is 5.78. The lowest BCUT2D eigenvalue weighted by molar-refractivity contribution is -0.127. The number of aryl methyl sites for hydroxylation is 1. The van der Waals surface area contributed by atoms with Crippen LogP contribution in [0.25, 0.3) is 0 Å². The molecule has 1 fully saturated rings. The first kappa shape index (κ1) is 17.0. The Kier molecular flexibility index (Phi) is 5.27. The van der Waals surface area contributed by atoms with E-state index in [2.05, 4.69) is 24.3 Å². The third kappa shape index (κ3) is 4.09. The summed E-state index contributed by atoms with van der Waals surface area (Å²) in [4.78, 5) is 12.3. The molecule has 5 nitrogen and oxygen atoms in total. The average Bonchev–Trinajstić information content (AvgIpc) is 2.92. The van der Waals surface area contributed by atoms with Crippen LogP contribution in [0.5, 0.6) is 0 Å². The van der Waals surface area contributed by atoms with E-state index in [1.54, 1.807) is 24.0 Å². The van der Waals surface area contributed by atoms with E-state index >= 15 is 0 Å². The topological polar surface area (TPSA) is 67.2 Å². The van der Waals surface area contributed by atoms with Crippen molar-refractivity contribution in [3.8, 4) is 0 Å². The van der Waals surface area contributed by atoms with E-state index in [4.69, 9.17) is 0 Å². The molecule has 1 aromatic heterocycles. The number of nitrogens with zero attached hydrogens (tertiary/aromatic N) is 2. The van der Waals surface area contributed by atoms with Crippen LogP contribution in [0.1, 0.15) is 52.0 Å². The van der Waals surface area contributed by atoms with Gasteiger partial charge in [-0.25, -0.2) is 0 Å². The highest BCUT2D eigenvalue weighted by Crippen LogP contribution is 2.33. The van der Waals surface area contributed by atoms with Gasteiger partial charge in [-0.05, 0) is 44.4 Å². The van der Waals surface area contributed by atoms with Crippen molar-refractivity contribution >= 4 is 5.91 Å². The van der Waals surface area contributed by atoms with Gasteiger partial charge in [0.25, 0.3) is 0 Å².